The van der Waals surface area contributed by atoms with Crippen molar-refractivity contribution in [2.75, 3.05) is 20.2 Å². The van der Waals surface area contributed by atoms with Crippen molar-refractivity contribution in [3.05, 3.63) is 33.1 Å². The Kier molecular flexibility index (Phi) is 6.54. The summed E-state index contributed by atoms with van der Waals surface area (Å²) in [4.78, 5) is 17.2. The number of aryl methyl sites for hydroxylation is 1. The molecule has 0 saturated carbocycles. The zero-order chi connectivity index (χ0) is 15.1. The van der Waals surface area contributed by atoms with Gasteiger partial charge in [0.15, 0.2) is 0 Å². The molecule has 0 amide bonds. The van der Waals surface area contributed by atoms with E-state index in [2.05, 4.69) is 9.88 Å². The molecule has 1 rings (SSSR count). The molecule has 0 atom stereocenters. The van der Waals surface area contributed by atoms with Gasteiger partial charge in [0, 0.05) is 30.5 Å². The van der Waals surface area contributed by atoms with E-state index >= 15 is 0 Å². The lowest BCUT2D eigenvalue weighted by Crippen LogP contribution is -2.21. The first-order valence-corrected chi connectivity index (χ1v) is 6.86. The minimum atomic E-state index is -0.336. The van der Waals surface area contributed by atoms with E-state index < -0.39 is 0 Å². The van der Waals surface area contributed by atoms with E-state index in [4.69, 9.17) is 5.11 Å². The first-order chi connectivity index (χ1) is 9.47. The summed E-state index contributed by atoms with van der Waals surface area (Å²) < 4.78 is 0. The fourth-order valence-electron chi connectivity index (χ4n) is 2.21. The number of aliphatic hydroxyl groups excluding tert-OH is 1. The molecular weight excluding hydrogens is 258 g/mol. The fraction of sp³-hybridized carbons (Fsp3) is 0.643. The molecule has 112 valence electrons. The second kappa shape index (κ2) is 7.91. The van der Waals surface area contributed by atoms with Crippen LogP contribution in [0.2, 0.25) is 0 Å². The standard InChI is InChI=1S/C14H23N3O3/c1-11-9-15-13(12(2)14(11)17(19)20)10-16(3)7-5-4-6-8-18/h9,18H,4-8,10H2,1-3H3. The van der Waals surface area contributed by atoms with Crippen molar-refractivity contribution in [3.8, 4) is 0 Å². The van der Waals surface area contributed by atoms with E-state index in [1.165, 1.54) is 0 Å². The van der Waals surface area contributed by atoms with Crippen molar-refractivity contribution in [1.82, 2.24) is 9.88 Å². The van der Waals surface area contributed by atoms with Gasteiger partial charge in [-0.25, -0.2) is 0 Å². The van der Waals surface area contributed by atoms with E-state index in [9.17, 15) is 10.1 Å². The molecule has 6 nitrogen and oxygen atoms in total. The number of rotatable bonds is 8. The number of aromatic nitrogens is 1. The van der Waals surface area contributed by atoms with Crippen molar-refractivity contribution in [3.63, 3.8) is 0 Å². The van der Waals surface area contributed by atoms with E-state index in [1.54, 1.807) is 20.0 Å². The van der Waals surface area contributed by atoms with Crippen LogP contribution >= 0.6 is 0 Å². The SMILES string of the molecule is Cc1cnc(CN(C)CCCCCO)c(C)c1[N+](=O)[O-]. The van der Waals surface area contributed by atoms with Gasteiger partial charge in [0.2, 0.25) is 0 Å². The molecule has 6 heteroatoms. The summed E-state index contributed by atoms with van der Waals surface area (Å²) in [7, 11) is 1.98. The van der Waals surface area contributed by atoms with Crippen molar-refractivity contribution >= 4 is 5.69 Å². The number of nitrogens with zero attached hydrogens (tertiary/aromatic N) is 3. The zero-order valence-electron chi connectivity index (χ0n) is 12.4. The highest BCUT2D eigenvalue weighted by atomic mass is 16.6. The molecule has 0 radical (unpaired) electrons. The summed E-state index contributed by atoms with van der Waals surface area (Å²) in [6, 6.07) is 0. The van der Waals surface area contributed by atoms with Gasteiger partial charge in [0.1, 0.15) is 0 Å². The Labute approximate surface area is 119 Å². The third-order valence-electron chi connectivity index (χ3n) is 3.38. The molecule has 0 saturated heterocycles. The highest BCUT2D eigenvalue weighted by molar-refractivity contribution is 5.47. The van der Waals surface area contributed by atoms with Crippen LogP contribution in [0, 0.1) is 24.0 Å². The lowest BCUT2D eigenvalue weighted by Gasteiger charge is -2.17. The van der Waals surface area contributed by atoms with Gasteiger partial charge in [-0.1, -0.05) is 0 Å². The smallest absolute Gasteiger partial charge is 0.278 e. The quantitative estimate of drug-likeness (QED) is 0.449. The average Bonchev–Trinajstić information content (AvgIpc) is 2.38. The highest BCUT2D eigenvalue weighted by Gasteiger charge is 2.19. The van der Waals surface area contributed by atoms with Gasteiger partial charge >= 0.3 is 0 Å². The maximum Gasteiger partial charge on any atom is 0.278 e. The molecule has 0 aliphatic rings. The van der Waals surface area contributed by atoms with E-state index in [0.29, 0.717) is 17.7 Å². The third kappa shape index (κ3) is 4.54. The van der Waals surface area contributed by atoms with Gasteiger partial charge in [-0.3, -0.25) is 15.1 Å². The Morgan fingerprint density at radius 3 is 2.65 bits per heavy atom. The Hall–Kier alpha value is -1.53. The fourth-order valence-corrected chi connectivity index (χ4v) is 2.21. The van der Waals surface area contributed by atoms with Crippen LogP contribution in [0.5, 0.6) is 0 Å². The van der Waals surface area contributed by atoms with Crippen molar-refractivity contribution in [2.45, 2.75) is 39.7 Å². The Morgan fingerprint density at radius 2 is 2.05 bits per heavy atom. The van der Waals surface area contributed by atoms with Crippen LogP contribution in [0.1, 0.15) is 36.1 Å². The number of hydrogen-bond donors (Lipinski definition) is 1. The van der Waals surface area contributed by atoms with Crippen LogP contribution in [-0.4, -0.2) is 40.1 Å². The summed E-state index contributed by atoms with van der Waals surface area (Å²) in [6.45, 7) is 5.19. The second-order valence-electron chi connectivity index (χ2n) is 5.14. The van der Waals surface area contributed by atoms with Crippen molar-refractivity contribution in [1.29, 1.82) is 0 Å². The van der Waals surface area contributed by atoms with Crippen molar-refractivity contribution in [2.24, 2.45) is 0 Å². The Balaban J connectivity index is 2.68. The lowest BCUT2D eigenvalue weighted by molar-refractivity contribution is -0.386. The van der Waals surface area contributed by atoms with Gasteiger partial charge in [-0.15, -0.1) is 0 Å². The molecule has 1 heterocycles. The largest absolute Gasteiger partial charge is 0.396 e. The molecule has 0 bridgehead atoms. The molecule has 0 spiro atoms. The van der Waals surface area contributed by atoms with Crippen LogP contribution in [0.4, 0.5) is 5.69 Å². The van der Waals surface area contributed by atoms with Crippen molar-refractivity contribution < 1.29 is 10.0 Å². The Morgan fingerprint density at radius 1 is 1.35 bits per heavy atom. The number of aliphatic hydroxyl groups is 1. The van der Waals surface area contributed by atoms with Gasteiger partial charge in [0.25, 0.3) is 5.69 Å². The molecular formula is C14H23N3O3. The molecule has 1 aromatic rings. The predicted octanol–water partition coefficient (Wildman–Crippen LogP) is 2.20. The molecule has 20 heavy (non-hydrogen) atoms. The maximum absolute atomic E-state index is 11.1. The second-order valence-corrected chi connectivity index (χ2v) is 5.14. The Bertz CT molecular complexity index is 463. The van der Waals surface area contributed by atoms with Gasteiger partial charge < -0.3 is 10.0 Å². The molecule has 0 fully saturated rings. The summed E-state index contributed by atoms with van der Waals surface area (Å²) in [5, 5.41) is 19.8. The van der Waals surface area contributed by atoms with E-state index in [1.807, 2.05) is 7.05 Å². The summed E-state index contributed by atoms with van der Waals surface area (Å²) >= 11 is 0. The molecule has 1 aromatic heterocycles. The summed E-state index contributed by atoms with van der Waals surface area (Å²) in [5.74, 6) is 0. The summed E-state index contributed by atoms with van der Waals surface area (Å²) in [6.07, 6.45) is 4.38. The first kappa shape index (κ1) is 16.5. The first-order valence-electron chi connectivity index (χ1n) is 6.86. The molecule has 0 aliphatic heterocycles. The molecule has 0 unspecified atom stereocenters. The highest BCUT2D eigenvalue weighted by Crippen LogP contribution is 2.24. The van der Waals surface area contributed by atoms with Crippen LogP contribution in [0.15, 0.2) is 6.20 Å². The average molecular weight is 281 g/mol. The number of unbranched alkanes of at least 4 members (excludes halogenated alkanes) is 2. The third-order valence-corrected chi connectivity index (χ3v) is 3.38. The van der Waals surface area contributed by atoms with E-state index in [-0.39, 0.29) is 17.2 Å². The topological polar surface area (TPSA) is 79.5 Å². The van der Waals surface area contributed by atoms with Gasteiger partial charge in [-0.2, -0.15) is 0 Å². The number of pyridine rings is 1. The number of nitro groups is 1. The minimum Gasteiger partial charge on any atom is -0.396 e. The van der Waals surface area contributed by atoms with Crippen LogP contribution in [-0.2, 0) is 6.54 Å². The normalized spacial score (nSPS) is 11.1. The minimum absolute atomic E-state index is 0.170. The van der Waals surface area contributed by atoms with Gasteiger partial charge in [0.05, 0.1) is 10.6 Å². The molecule has 1 N–H and O–H groups in total. The van der Waals surface area contributed by atoms with Crippen LogP contribution < -0.4 is 0 Å². The van der Waals surface area contributed by atoms with Crippen LogP contribution in [0.3, 0.4) is 0 Å². The molecule has 0 aromatic carbocycles. The predicted molar refractivity (Wildman–Crippen MR) is 77.6 cm³/mol. The van der Waals surface area contributed by atoms with Gasteiger partial charge in [-0.05, 0) is 46.7 Å². The van der Waals surface area contributed by atoms with E-state index in [0.717, 1.165) is 31.5 Å². The zero-order valence-corrected chi connectivity index (χ0v) is 12.4. The summed E-state index contributed by atoms with van der Waals surface area (Å²) in [5.41, 5.74) is 2.18. The monoisotopic (exact) mass is 281 g/mol. The number of hydrogen-bond acceptors (Lipinski definition) is 5. The maximum atomic E-state index is 11.1. The molecule has 0 aliphatic carbocycles. The van der Waals surface area contributed by atoms with Crippen LogP contribution in [0.25, 0.3) is 0 Å². The lowest BCUT2D eigenvalue weighted by atomic mass is 10.1.